The number of thiazole rings is 1. The van der Waals surface area contributed by atoms with Crippen LogP contribution in [0.15, 0.2) is 29.6 Å². The molecule has 0 aliphatic rings. The van der Waals surface area contributed by atoms with Crippen molar-refractivity contribution in [3.63, 3.8) is 0 Å². The van der Waals surface area contributed by atoms with Gasteiger partial charge in [-0.05, 0) is 24.6 Å². The number of aromatic nitrogens is 1. The molecule has 1 heterocycles. The molecule has 2 aromatic rings. The standard InChI is InChI=1S/C13H13NO3S/c1-9-14-11(8-18-9)7-17-12-4-2-10(3-5-12)6-13(15)16/h2-5,8H,6-7H2,1H3,(H,15,16). The maximum absolute atomic E-state index is 10.5. The average Bonchev–Trinajstić information content (AvgIpc) is 2.74. The number of aryl methyl sites for hydroxylation is 1. The molecule has 0 fully saturated rings. The Morgan fingerprint density at radius 2 is 2.11 bits per heavy atom. The van der Waals surface area contributed by atoms with Crippen molar-refractivity contribution >= 4 is 17.3 Å². The molecule has 0 bridgehead atoms. The van der Waals surface area contributed by atoms with Gasteiger partial charge in [0.15, 0.2) is 0 Å². The van der Waals surface area contributed by atoms with E-state index in [1.165, 1.54) is 0 Å². The van der Waals surface area contributed by atoms with Crippen LogP contribution in [0.2, 0.25) is 0 Å². The van der Waals surface area contributed by atoms with E-state index in [0.29, 0.717) is 6.61 Å². The highest BCUT2D eigenvalue weighted by Crippen LogP contribution is 2.15. The van der Waals surface area contributed by atoms with Crippen molar-refractivity contribution in [2.75, 3.05) is 0 Å². The lowest BCUT2D eigenvalue weighted by molar-refractivity contribution is -0.136. The van der Waals surface area contributed by atoms with Gasteiger partial charge < -0.3 is 9.84 Å². The molecule has 5 heteroatoms. The van der Waals surface area contributed by atoms with Crippen molar-refractivity contribution in [2.24, 2.45) is 0 Å². The van der Waals surface area contributed by atoms with Crippen molar-refractivity contribution < 1.29 is 14.6 Å². The van der Waals surface area contributed by atoms with Crippen molar-refractivity contribution in [1.82, 2.24) is 4.98 Å². The summed E-state index contributed by atoms with van der Waals surface area (Å²) >= 11 is 1.59. The van der Waals surface area contributed by atoms with Gasteiger partial charge in [0.2, 0.25) is 0 Å². The van der Waals surface area contributed by atoms with Gasteiger partial charge in [-0.3, -0.25) is 4.79 Å². The van der Waals surface area contributed by atoms with Crippen LogP contribution in [0, 0.1) is 6.92 Å². The van der Waals surface area contributed by atoms with E-state index in [2.05, 4.69) is 4.98 Å². The van der Waals surface area contributed by atoms with Crippen molar-refractivity contribution in [3.8, 4) is 5.75 Å². The van der Waals surface area contributed by atoms with Gasteiger partial charge in [0.25, 0.3) is 0 Å². The van der Waals surface area contributed by atoms with Gasteiger partial charge >= 0.3 is 5.97 Å². The van der Waals surface area contributed by atoms with E-state index in [4.69, 9.17) is 9.84 Å². The number of benzene rings is 1. The zero-order valence-corrected chi connectivity index (χ0v) is 10.7. The van der Waals surface area contributed by atoms with E-state index in [1.54, 1.807) is 35.6 Å². The second-order valence-corrected chi connectivity index (χ2v) is 4.92. The summed E-state index contributed by atoms with van der Waals surface area (Å²) in [4.78, 5) is 14.8. The Labute approximate surface area is 109 Å². The lowest BCUT2D eigenvalue weighted by Crippen LogP contribution is -2.00. The number of ether oxygens (including phenoxy) is 1. The maximum Gasteiger partial charge on any atom is 0.307 e. The fourth-order valence-corrected chi connectivity index (χ4v) is 2.11. The highest BCUT2D eigenvalue weighted by atomic mass is 32.1. The molecule has 0 saturated heterocycles. The largest absolute Gasteiger partial charge is 0.487 e. The second kappa shape index (κ2) is 5.64. The third-order valence-electron chi connectivity index (χ3n) is 2.33. The quantitative estimate of drug-likeness (QED) is 0.901. The van der Waals surface area contributed by atoms with Gasteiger partial charge in [0, 0.05) is 5.38 Å². The van der Waals surface area contributed by atoms with Crippen LogP contribution in [0.5, 0.6) is 5.75 Å². The van der Waals surface area contributed by atoms with E-state index < -0.39 is 5.97 Å². The topological polar surface area (TPSA) is 59.4 Å². The lowest BCUT2D eigenvalue weighted by Gasteiger charge is -2.04. The summed E-state index contributed by atoms with van der Waals surface area (Å²) in [6.07, 6.45) is 0.0333. The number of hydrogen-bond acceptors (Lipinski definition) is 4. The Morgan fingerprint density at radius 3 is 2.67 bits per heavy atom. The lowest BCUT2D eigenvalue weighted by atomic mass is 10.1. The number of hydrogen-bond donors (Lipinski definition) is 1. The highest BCUT2D eigenvalue weighted by molar-refractivity contribution is 7.09. The monoisotopic (exact) mass is 263 g/mol. The van der Waals surface area contributed by atoms with Gasteiger partial charge in [0.05, 0.1) is 17.1 Å². The Bertz CT molecular complexity index is 533. The SMILES string of the molecule is Cc1nc(COc2ccc(CC(=O)O)cc2)cs1. The molecule has 0 aliphatic carbocycles. The second-order valence-electron chi connectivity index (χ2n) is 3.86. The van der Waals surface area contributed by atoms with E-state index in [-0.39, 0.29) is 6.42 Å². The molecule has 0 saturated carbocycles. The first-order chi connectivity index (χ1) is 8.63. The molecule has 0 aliphatic heterocycles. The summed E-state index contributed by atoms with van der Waals surface area (Å²) in [5.74, 6) is -0.114. The van der Waals surface area contributed by atoms with Crippen LogP contribution < -0.4 is 4.74 Å². The van der Waals surface area contributed by atoms with Crippen LogP contribution in [0.4, 0.5) is 0 Å². The molecule has 1 aromatic carbocycles. The average molecular weight is 263 g/mol. The summed E-state index contributed by atoms with van der Waals surface area (Å²) in [6, 6.07) is 7.07. The summed E-state index contributed by atoms with van der Waals surface area (Å²) in [5.41, 5.74) is 1.67. The minimum atomic E-state index is -0.832. The minimum absolute atomic E-state index is 0.0333. The van der Waals surface area contributed by atoms with E-state index in [1.807, 2.05) is 12.3 Å². The Kier molecular flexibility index (Phi) is 3.94. The molecule has 4 nitrogen and oxygen atoms in total. The smallest absolute Gasteiger partial charge is 0.307 e. The van der Waals surface area contributed by atoms with Crippen molar-refractivity contribution in [1.29, 1.82) is 0 Å². The highest BCUT2D eigenvalue weighted by Gasteiger charge is 2.02. The number of carbonyl (C=O) groups is 1. The Morgan fingerprint density at radius 1 is 1.39 bits per heavy atom. The van der Waals surface area contributed by atoms with Gasteiger partial charge in [-0.25, -0.2) is 4.98 Å². The molecule has 0 amide bonds. The number of aliphatic carboxylic acids is 1. The molecule has 18 heavy (non-hydrogen) atoms. The summed E-state index contributed by atoms with van der Waals surface area (Å²) in [7, 11) is 0. The fraction of sp³-hybridized carbons (Fsp3) is 0.231. The molecule has 0 spiro atoms. The molecule has 0 unspecified atom stereocenters. The predicted molar refractivity (Wildman–Crippen MR) is 69.0 cm³/mol. The third kappa shape index (κ3) is 3.56. The minimum Gasteiger partial charge on any atom is -0.487 e. The normalized spacial score (nSPS) is 10.3. The van der Waals surface area contributed by atoms with Gasteiger partial charge in [0.1, 0.15) is 12.4 Å². The zero-order chi connectivity index (χ0) is 13.0. The van der Waals surface area contributed by atoms with Crippen LogP contribution in [-0.4, -0.2) is 16.1 Å². The van der Waals surface area contributed by atoms with Gasteiger partial charge in [-0.1, -0.05) is 12.1 Å². The Hall–Kier alpha value is -1.88. The van der Waals surface area contributed by atoms with E-state index >= 15 is 0 Å². The molecule has 1 aromatic heterocycles. The molecule has 0 atom stereocenters. The molecular formula is C13H13NO3S. The number of carboxylic acid groups (broad SMARTS) is 1. The van der Waals surface area contributed by atoms with Crippen molar-refractivity contribution in [2.45, 2.75) is 20.0 Å². The van der Waals surface area contributed by atoms with Crippen LogP contribution >= 0.6 is 11.3 Å². The van der Waals surface area contributed by atoms with Crippen LogP contribution in [0.1, 0.15) is 16.3 Å². The number of carboxylic acids is 1. The number of nitrogens with zero attached hydrogens (tertiary/aromatic N) is 1. The fourth-order valence-electron chi connectivity index (χ4n) is 1.51. The maximum atomic E-state index is 10.5. The van der Waals surface area contributed by atoms with Gasteiger partial charge in [-0.2, -0.15) is 0 Å². The van der Waals surface area contributed by atoms with E-state index in [0.717, 1.165) is 22.0 Å². The van der Waals surface area contributed by atoms with Crippen LogP contribution in [0.3, 0.4) is 0 Å². The number of rotatable bonds is 5. The zero-order valence-electron chi connectivity index (χ0n) is 9.92. The summed E-state index contributed by atoms with van der Waals surface area (Å²) in [5, 5.41) is 11.6. The summed E-state index contributed by atoms with van der Waals surface area (Å²) in [6.45, 7) is 2.39. The third-order valence-corrected chi connectivity index (χ3v) is 3.15. The summed E-state index contributed by atoms with van der Waals surface area (Å²) < 4.78 is 5.56. The van der Waals surface area contributed by atoms with Crippen LogP contribution in [-0.2, 0) is 17.8 Å². The molecule has 2 rings (SSSR count). The predicted octanol–water partition coefficient (Wildman–Crippen LogP) is 2.66. The van der Waals surface area contributed by atoms with Gasteiger partial charge in [-0.15, -0.1) is 11.3 Å². The first kappa shape index (κ1) is 12.6. The first-order valence-electron chi connectivity index (χ1n) is 5.48. The molecule has 94 valence electrons. The van der Waals surface area contributed by atoms with Crippen molar-refractivity contribution in [3.05, 3.63) is 45.9 Å². The molecular weight excluding hydrogens is 250 g/mol. The molecule has 0 radical (unpaired) electrons. The molecule has 1 N–H and O–H groups in total. The Balaban J connectivity index is 1.92. The first-order valence-corrected chi connectivity index (χ1v) is 6.36. The van der Waals surface area contributed by atoms with Crippen LogP contribution in [0.25, 0.3) is 0 Å². The van der Waals surface area contributed by atoms with E-state index in [9.17, 15) is 4.79 Å².